The standard InChI is InChI=1S/C22H36NO4PS/c1-2-22(23,18-27-28(24,25)26)17-16-21-15-14-20(29-21)13-9-4-3-6-10-19-11-7-5-8-12-19/h14-15,19H,2-8,10-12,16-18,23H2,1H3,(H2,24,25,26). The van der Waals surface area contributed by atoms with E-state index in [2.05, 4.69) is 22.4 Å². The highest BCUT2D eigenvalue weighted by Crippen LogP contribution is 2.37. The smallest absolute Gasteiger partial charge is 0.323 e. The van der Waals surface area contributed by atoms with Crippen LogP contribution in [0, 0.1) is 17.8 Å². The van der Waals surface area contributed by atoms with Crippen LogP contribution in [0.25, 0.3) is 0 Å². The molecule has 164 valence electrons. The monoisotopic (exact) mass is 441 g/mol. The average molecular weight is 442 g/mol. The first-order chi connectivity index (χ1) is 13.8. The molecule has 0 amide bonds. The van der Waals surface area contributed by atoms with E-state index < -0.39 is 13.4 Å². The molecule has 4 N–H and O–H groups in total. The van der Waals surface area contributed by atoms with E-state index in [1.807, 2.05) is 13.0 Å². The molecule has 1 fully saturated rings. The van der Waals surface area contributed by atoms with Crippen LogP contribution in [-0.2, 0) is 15.5 Å². The van der Waals surface area contributed by atoms with Crippen LogP contribution in [0.1, 0.15) is 87.3 Å². The highest BCUT2D eigenvalue weighted by Gasteiger charge is 2.27. The Hall–Kier alpha value is -0.670. The van der Waals surface area contributed by atoms with Crippen LogP contribution in [0.3, 0.4) is 0 Å². The van der Waals surface area contributed by atoms with E-state index in [0.717, 1.165) is 23.6 Å². The van der Waals surface area contributed by atoms with Gasteiger partial charge in [-0.25, -0.2) is 4.57 Å². The number of rotatable bonds is 11. The van der Waals surface area contributed by atoms with Crippen molar-refractivity contribution in [2.45, 2.75) is 89.5 Å². The van der Waals surface area contributed by atoms with Gasteiger partial charge in [0.25, 0.3) is 0 Å². The van der Waals surface area contributed by atoms with Gasteiger partial charge in [0.05, 0.1) is 11.5 Å². The van der Waals surface area contributed by atoms with E-state index >= 15 is 0 Å². The molecule has 0 aromatic carbocycles. The second-order valence-corrected chi connectivity index (χ2v) is 10.7. The molecule has 29 heavy (non-hydrogen) atoms. The molecule has 2 rings (SSSR count). The lowest BCUT2D eigenvalue weighted by molar-refractivity contribution is 0.145. The van der Waals surface area contributed by atoms with E-state index in [0.29, 0.717) is 12.8 Å². The molecule has 1 saturated carbocycles. The fourth-order valence-electron chi connectivity index (χ4n) is 3.79. The zero-order valence-corrected chi connectivity index (χ0v) is 19.3. The summed E-state index contributed by atoms with van der Waals surface area (Å²) >= 11 is 1.67. The summed E-state index contributed by atoms with van der Waals surface area (Å²) in [5.74, 6) is 7.53. The third kappa shape index (κ3) is 10.3. The summed E-state index contributed by atoms with van der Waals surface area (Å²) in [7, 11) is -4.49. The van der Waals surface area contributed by atoms with Gasteiger partial charge in [-0.2, -0.15) is 0 Å². The predicted molar refractivity (Wildman–Crippen MR) is 120 cm³/mol. The topological polar surface area (TPSA) is 92.8 Å². The Kier molecular flexibility index (Phi) is 10.4. The molecule has 0 aliphatic heterocycles. The molecule has 1 atom stereocenters. The van der Waals surface area contributed by atoms with Crippen molar-refractivity contribution in [1.29, 1.82) is 0 Å². The van der Waals surface area contributed by atoms with Gasteiger partial charge in [0.15, 0.2) is 0 Å². The Morgan fingerprint density at radius 3 is 2.72 bits per heavy atom. The minimum atomic E-state index is -4.49. The Morgan fingerprint density at radius 1 is 1.28 bits per heavy atom. The summed E-state index contributed by atoms with van der Waals surface area (Å²) in [5, 5.41) is 0. The van der Waals surface area contributed by atoms with Crippen molar-refractivity contribution in [2.24, 2.45) is 11.7 Å². The van der Waals surface area contributed by atoms with Gasteiger partial charge in [-0.3, -0.25) is 4.52 Å². The highest BCUT2D eigenvalue weighted by atomic mass is 32.1. The maximum atomic E-state index is 10.9. The molecule has 1 aliphatic carbocycles. The SMILES string of the molecule is CCC(N)(CCc1ccc(C#CCCCCC2CCCCC2)s1)COP(=O)(O)O. The van der Waals surface area contributed by atoms with Crippen molar-refractivity contribution < 1.29 is 18.9 Å². The Labute approximate surface area is 179 Å². The Morgan fingerprint density at radius 2 is 2.03 bits per heavy atom. The van der Waals surface area contributed by atoms with Gasteiger partial charge in [-0.05, 0) is 43.7 Å². The van der Waals surface area contributed by atoms with E-state index in [-0.39, 0.29) is 6.61 Å². The lowest BCUT2D eigenvalue weighted by atomic mass is 9.86. The van der Waals surface area contributed by atoms with Crippen molar-refractivity contribution in [2.75, 3.05) is 6.61 Å². The summed E-state index contributed by atoms with van der Waals surface area (Å²) in [6.45, 7) is 1.76. The van der Waals surface area contributed by atoms with Crippen LogP contribution in [0.15, 0.2) is 12.1 Å². The number of hydrogen-bond acceptors (Lipinski definition) is 4. The van der Waals surface area contributed by atoms with Crippen molar-refractivity contribution >= 4 is 19.2 Å². The molecule has 1 aliphatic rings. The maximum absolute atomic E-state index is 10.9. The second-order valence-electron chi connectivity index (χ2n) is 8.30. The predicted octanol–water partition coefficient (Wildman–Crippen LogP) is 5.39. The van der Waals surface area contributed by atoms with Crippen LogP contribution in [0.5, 0.6) is 0 Å². The van der Waals surface area contributed by atoms with Gasteiger partial charge in [0.2, 0.25) is 0 Å². The zero-order chi connectivity index (χ0) is 21.2. The van der Waals surface area contributed by atoms with Gasteiger partial charge in [0, 0.05) is 16.8 Å². The Balaban J connectivity index is 1.69. The third-order valence-corrected chi connectivity index (χ3v) is 7.38. The van der Waals surface area contributed by atoms with Crippen molar-refractivity contribution in [3.63, 3.8) is 0 Å². The van der Waals surface area contributed by atoms with Crippen LogP contribution < -0.4 is 5.73 Å². The quantitative estimate of drug-likeness (QED) is 0.243. The molecular weight excluding hydrogens is 405 g/mol. The number of aryl methyl sites for hydroxylation is 1. The van der Waals surface area contributed by atoms with E-state index in [1.54, 1.807) is 11.3 Å². The minimum absolute atomic E-state index is 0.146. The van der Waals surface area contributed by atoms with Gasteiger partial charge in [-0.1, -0.05) is 63.7 Å². The first-order valence-electron chi connectivity index (χ1n) is 10.9. The van der Waals surface area contributed by atoms with Crippen LogP contribution >= 0.6 is 19.2 Å². The van der Waals surface area contributed by atoms with Crippen LogP contribution in [0.2, 0.25) is 0 Å². The van der Waals surface area contributed by atoms with Crippen LogP contribution in [-0.4, -0.2) is 21.9 Å². The molecule has 7 heteroatoms. The molecule has 1 aromatic heterocycles. The van der Waals surface area contributed by atoms with Crippen molar-refractivity contribution in [1.82, 2.24) is 0 Å². The Bertz CT molecular complexity index is 714. The number of phosphoric acid groups is 1. The summed E-state index contributed by atoms with van der Waals surface area (Å²) in [6.07, 6.45) is 13.9. The second kappa shape index (κ2) is 12.2. The van der Waals surface area contributed by atoms with Crippen molar-refractivity contribution in [3.05, 3.63) is 21.9 Å². The van der Waals surface area contributed by atoms with Crippen molar-refractivity contribution in [3.8, 4) is 11.8 Å². The normalized spacial score (nSPS) is 17.5. The number of hydrogen-bond donors (Lipinski definition) is 3. The van der Waals surface area contributed by atoms with Gasteiger partial charge < -0.3 is 15.5 Å². The first-order valence-corrected chi connectivity index (χ1v) is 13.2. The zero-order valence-electron chi connectivity index (χ0n) is 17.6. The molecule has 0 radical (unpaired) electrons. The third-order valence-electron chi connectivity index (χ3n) is 5.86. The van der Waals surface area contributed by atoms with E-state index in [9.17, 15) is 4.57 Å². The molecule has 1 unspecified atom stereocenters. The first kappa shape index (κ1) is 24.6. The molecule has 0 saturated heterocycles. The highest BCUT2D eigenvalue weighted by molar-refractivity contribution is 7.46. The molecular formula is C22H36NO4PS. The molecule has 0 bridgehead atoms. The maximum Gasteiger partial charge on any atom is 0.469 e. The lowest BCUT2D eigenvalue weighted by Crippen LogP contribution is -2.44. The number of unbranched alkanes of at least 4 members (excludes halogenated alkanes) is 2. The molecule has 1 heterocycles. The summed E-state index contributed by atoms with van der Waals surface area (Å²) in [5.41, 5.74) is 5.51. The number of nitrogens with two attached hydrogens (primary N) is 1. The van der Waals surface area contributed by atoms with Crippen LogP contribution in [0.4, 0.5) is 0 Å². The molecule has 0 spiro atoms. The minimum Gasteiger partial charge on any atom is -0.323 e. The average Bonchev–Trinajstić information content (AvgIpc) is 3.16. The molecule has 5 nitrogen and oxygen atoms in total. The number of phosphoric ester groups is 1. The van der Waals surface area contributed by atoms with Gasteiger partial charge >= 0.3 is 7.82 Å². The van der Waals surface area contributed by atoms with E-state index in [1.165, 1.54) is 56.2 Å². The van der Waals surface area contributed by atoms with E-state index in [4.69, 9.17) is 15.5 Å². The number of thiophene rings is 1. The van der Waals surface area contributed by atoms with Gasteiger partial charge in [-0.15, -0.1) is 11.3 Å². The summed E-state index contributed by atoms with van der Waals surface area (Å²) < 4.78 is 15.5. The fraction of sp³-hybridized carbons (Fsp3) is 0.727. The molecule has 1 aromatic rings. The summed E-state index contributed by atoms with van der Waals surface area (Å²) in [4.78, 5) is 20.0. The lowest BCUT2D eigenvalue weighted by Gasteiger charge is -2.27. The largest absolute Gasteiger partial charge is 0.469 e. The summed E-state index contributed by atoms with van der Waals surface area (Å²) in [6, 6.07) is 4.11. The van der Waals surface area contributed by atoms with Gasteiger partial charge in [0.1, 0.15) is 0 Å². The fourth-order valence-corrected chi connectivity index (χ4v) is 5.09.